The number of rotatable bonds is 10. The smallest absolute Gasteiger partial charge is 0.184 e. The molecule has 0 spiro atoms. The molecule has 5 heteroatoms. The summed E-state index contributed by atoms with van der Waals surface area (Å²) in [7, 11) is 0. The molecule has 5 nitrogen and oxygen atoms in total. The van der Waals surface area contributed by atoms with Gasteiger partial charge in [0.15, 0.2) is 22.8 Å². The zero-order chi connectivity index (χ0) is 30.4. The highest BCUT2D eigenvalue weighted by Gasteiger charge is 2.77. The monoisotopic (exact) mass is 552 g/mol. The Kier molecular flexibility index (Phi) is 9.02. The highest BCUT2D eigenvalue weighted by molar-refractivity contribution is 6.33. The Hall–Kier alpha value is -2.27. The van der Waals surface area contributed by atoms with Crippen molar-refractivity contribution >= 4 is 17.3 Å². The van der Waals surface area contributed by atoms with Crippen molar-refractivity contribution in [1.29, 1.82) is 0 Å². The van der Waals surface area contributed by atoms with Gasteiger partial charge in [-0.3, -0.25) is 14.4 Å². The summed E-state index contributed by atoms with van der Waals surface area (Å²) in [4.78, 5) is 45.1. The molecular formula is C35H52O5. The molecule has 1 N–H and O–H groups in total. The predicted molar refractivity (Wildman–Crippen MR) is 161 cm³/mol. The van der Waals surface area contributed by atoms with Gasteiger partial charge in [0.2, 0.25) is 0 Å². The van der Waals surface area contributed by atoms with Gasteiger partial charge in [-0.25, -0.2) is 0 Å². The molecule has 0 aromatic carbocycles. The zero-order valence-corrected chi connectivity index (χ0v) is 26.8. The molecule has 1 saturated carbocycles. The third-order valence-corrected chi connectivity index (χ3v) is 9.92. The summed E-state index contributed by atoms with van der Waals surface area (Å²) in [5.74, 6) is -1.08. The van der Waals surface area contributed by atoms with Crippen molar-refractivity contribution in [3.05, 3.63) is 46.3 Å². The minimum Gasteiger partial charge on any atom is -0.490 e. The van der Waals surface area contributed by atoms with Gasteiger partial charge in [-0.05, 0) is 93.4 Å². The van der Waals surface area contributed by atoms with Gasteiger partial charge in [-0.2, -0.15) is 0 Å². The van der Waals surface area contributed by atoms with Gasteiger partial charge < -0.3 is 9.84 Å². The van der Waals surface area contributed by atoms with Gasteiger partial charge in [0.1, 0.15) is 11.9 Å². The maximum atomic E-state index is 15.3. The largest absolute Gasteiger partial charge is 0.490 e. The molecule has 2 bridgehead atoms. The fraction of sp³-hybridized carbons (Fsp3) is 0.686. The molecule has 1 unspecified atom stereocenters. The van der Waals surface area contributed by atoms with E-state index in [2.05, 4.69) is 26.0 Å². The van der Waals surface area contributed by atoms with E-state index in [9.17, 15) is 14.7 Å². The van der Waals surface area contributed by atoms with Gasteiger partial charge >= 0.3 is 0 Å². The second-order valence-electron chi connectivity index (χ2n) is 14.2. The molecule has 0 radical (unpaired) electrons. The van der Waals surface area contributed by atoms with E-state index < -0.39 is 33.9 Å². The van der Waals surface area contributed by atoms with Crippen molar-refractivity contribution in [3.8, 4) is 0 Å². The van der Waals surface area contributed by atoms with Crippen LogP contribution in [0.5, 0.6) is 0 Å². The lowest BCUT2D eigenvalue weighted by molar-refractivity contribution is -0.180. The van der Waals surface area contributed by atoms with Crippen LogP contribution in [-0.2, 0) is 19.1 Å². The summed E-state index contributed by atoms with van der Waals surface area (Å²) in [5.41, 5.74) is -1.30. The molecule has 0 aromatic heterocycles. The van der Waals surface area contributed by atoms with E-state index in [0.717, 1.165) is 16.7 Å². The number of fused-ring (bicyclic) bond motifs is 3. The van der Waals surface area contributed by atoms with Crippen molar-refractivity contribution in [1.82, 2.24) is 0 Å². The van der Waals surface area contributed by atoms with Crippen LogP contribution in [0.3, 0.4) is 0 Å². The Bertz CT molecular complexity index is 1180. The molecule has 0 saturated heterocycles. The third kappa shape index (κ3) is 5.01. The molecule has 3 rings (SSSR count). The number of ether oxygens (including phenoxy) is 1. The average Bonchev–Trinajstić information content (AvgIpc) is 3.32. The average molecular weight is 553 g/mol. The second kappa shape index (κ2) is 11.2. The van der Waals surface area contributed by atoms with Gasteiger partial charge in [0.25, 0.3) is 0 Å². The SMILES string of the molecule is CCC(C)C(=O)[C@@]12C(=O)C3=C(O[C@@H](C(C)(C)O)C3)[C@@](CC=C(C)C)(C[C@H](CC=C(C)C)[C@@]1(C)CC=C(C)C)C2=O. The van der Waals surface area contributed by atoms with Crippen LogP contribution in [0.25, 0.3) is 0 Å². The Labute approximate surface area is 242 Å². The van der Waals surface area contributed by atoms with E-state index in [1.165, 1.54) is 0 Å². The number of ketones is 3. The van der Waals surface area contributed by atoms with Crippen molar-refractivity contribution in [2.75, 3.05) is 0 Å². The first-order valence-corrected chi connectivity index (χ1v) is 15.1. The highest BCUT2D eigenvalue weighted by Crippen LogP contribution is 2.69. The number of hydrogen-bond acceptors (Lipinski definition) is 5. The first-order chi connectivity index (χ1) is 18.4. The fourth-order valence-electron chi connectivity index (χ4n) is 7.14. The molecule has 1 fully saturated rings. The summed E-state index contributed by atoms with van der Waals surface area (Å²) in [6, 6.07) is 0. The molecule has 0 amide bonds. The Balaban J connectivity index is 2.48. The third-order valence-electron chi connectivity index (χ3n) is 9.92. The van der Waals surface area contributed by atoms with E-state index in [1.807, 2.05) is 54.5 Å². The lowest BCUT2D eigenvalue weighted by Gasteiger charge is -2.61. The van der Waals surface area contributed by atoms with Crippen LogP contribution in [-0.4, -0.2) is 34.2 Å². The first kappa shape index (κ1) is 32.2. The fourth-order valence-corrected chi connectivity index (χ4v) is 7.14. The topological polar surface area (TPSA) is 80.7 Å². The number of Topliss-reactive ketones (excluding diaryl/α,β-unsaturated/α-hetero) is 3. The van der Waals surface area contributed by atoms with Crippen LogP contribution < -0.4 is 0 Å². The van der Waals surface area contributed by atoms with Gasteiger partial charge in [0.05, 0.1) is 11.0 Å². The standard InChI is InChI=1S/C35H52O5/c1-12-24(8)28(36)35-29(37)26-19-27(32(9,10)39)40-30(26)34(31(35)38,18-16-23(6)7)20-25(14-13-21(2)3)33(35,11)17-15-22(4)5/h13,15-16,24-25,27,39H,12,14,17-20H2,1-11H3/t24?,25-,27+,33+,34+,35-/m0/s1. The van der Waals surface area contributed by atoms with E-state index in [1.54, 1.807) is 13.8 Å². The van der Waals surface area contributed by atoms with Crippen LogP contribution in [0.2, 0.25) is 0 Å². The molecule has 6 atom stereocenters. The normalized spacial score (nSPS) is 32.2. The summed E-state index contributed by atoms with van der Waals surface area (Å²) in [6.45, 7) is 21.3. The molecule has 3 aliphatic rings. The van der Waals surface area contributed by atoms with Gasteiger partial charge in [0, 0.05) is 23.3 Å². The molecule has 1 heterocycles. The van der Waals surface area contributed by atoms with Crippen LogP contribution in [0.15, 0.2) is 46.3 Å². The lowest BCUT2D eigenvalue weighted by atomic mass is 9.38. The molecule has 1 aliphatic heterocycles. The maximum absolute atomic E-state index is 15.3. The summed E-state index contributed by atoms with van der Waals surface area (Å²) in [5, 5.41) is 11.0. The van der Waals surface area contributed by atoms with E-state index in [-0.39, 0.29) is 29.7 Å². The molecular weight excluding hydrogens is 500 g/mol. The van der Waals surface area contributed by atoms with Gasteiger partial charge in [-0.1, -0.05) is 55.7 Å². The van der Waals surface area contributed by atoms with E-state index >= 15 is 4.79 Å². The first-order valence-electron chi connectivity index (χ1n) is 15.1. The number of hydrogen-bond donors (Lipinski definition) is 1. The second-order valence-corrected chi connectivity index (χ2v) is 14.2. The number of allylic oxidation sites excluding steroid dienone is 7. The van der Waals surface area contributed by atoms with Crippen molar-refractivity contribution in [2.24, 2.45) is 28.1 Å². The Morgan fingerprint density at radius 1 is 1.02 bits per heavy atom. The van der Waals surface area contributed by atoms with Crippen LogP contribution in [0.1, 0.15) is 115 Å². The van der Waals surface area contributed by atoms with Gasteiger partial charge in [-0.15, -0.1) is 0 Å². The summed E-state index contributed by atoms with van der Waals surface area (Å²) >= 11 is 0. The van der Waals surface area contributed by atoms with Crippen molar-refractivity contribution in [2.45, 2.75) is 126 Å². The molecule has 40 heavy (non-hydrogen) atoms. The van der Waals surface area contributed by atoms with E-state index in [0.29, 0.717) is 43.4 Å². The summed E-state index contributed by atoms with van der Waals surface area (Å²) in [6.07, 6.45) is 8.42. The summed E-state index contributed by atoms with van der Waals surface area (Å²) < 4.78 is 6.46. The number of aliphatic hydroxyl groups is 1. The van der Waals surface area contributed by atoms with Crippen LogP contribution >= 0.6 is 0 Å². The van der Waals surface area contributed by atoms with Crippen LogP contribution in [0, 0.1) is 28.1 Å². The Morgan fingerprint density at radius 2 is 1.57 bits per heavy atom. The minimum atomic E-state index is -1.81. The number of carbonyl (C=O) groups excluding carboxylic acids is 3. The molecule has 0 aromatic rings. The maximum Gasteiger partial charge on any atom is 0.184 e. The Morgan fingerprint density at radius 3 is 2.08 bits per heavy atom. The van der Waals surface area contributed by atoms with E-state index in [4.69, 9.17) is 4.74 Å². The lowest BCUT2D eigenvalue weighted by Crippen LogP contribution is -2.70. The van der Waals surface area contributed by atoms with Crippen molar-refractivity contribution in [3.63, 3.8) is 0 Å². The minimum absolute atomic E-state index is 0.114. The molecule has 2 aliphatic carbocycles. The quantitative estimate of drug-likeness (QED) is 0.223. The predicted octanol–water partition coefficient (Wildman–Crippen LogP) is 7.64. The van der Waals surface area contributed by atoms with Crippen LogP contribution in [0.4, 0.5) is 0 Å². The zero-order valence-electron chi connectivity index (χ0n) is 26.8. The number of carbonyl (C=O) groups is 3. The highest BCUT2D eigenvalue weighted by atomic mass is 16.5. The molecule has 222 valence electrons. The van der Waals surface area contributed by atoms with Crippen molar-refractivity contribution < 1.29 is 24.2 Å².